The van der Waals surface area contributed by atoms with Crippen LogP contribution in [0.2, 0.25) is 0 Å². The first kappa shape index (κ1) is 18.8. The summed E-state index contributed by atoms with van der Waals surface area (Å²) >= 11 is 0. The molecule has 0 spiro atoms. The van der Waals surface area contributed by atoms with Crippen LogP contribution in [0.1, 0.15) is 11.1 Å². The van der Waals surface area contributed by atoms with E-state index >= 15 is 0 Å². The molecule has 7 heteroatoms. The molecule has 120 valence electrons. The number of hydrogen-bond donors (Lipinski definition) is 1. The van der Waals surface area contributed by atoms with E-state index in [1.807, 2.05) is 48.3 Å². The second-order valence-corrected chi connectivity index (χ2v) is 4.50. The van der Waals surface area contributed by atoms with Crippen molar-refractivity contribution in [2.45, 2.75) is 0 Å². The molecule has 0 radical (unpaired) electrons. The molecule has 0 aliphatic carbocycles. The summed E-state index contributed by atoms with van der Waals surface area (Å²) in [6.45, 7) is 0. The Kier molecular flexibility index (Phi) is 7.89. The lowest BCUT2D eigenvalue weighted by Crippen LogP contribution is -3.00. The number of halogens is 1. The largest absolute Gasteiger partial charge is 1.00 e. The number of pyridine rings is 1. The smallest absolute Gasteiger partial charge is 0.169 e. The number of rotatable bonds is 5. The third-order valence-electron chi connectivity index (χ3n) is 2.94. The summed E-state index contributed by atoms with van der Waals surface area (Å²) in [6, 6.07) is 11.1. The van der Waals surface area contributed by atoms with Gasteiger partial charge in [-0.25, -0.2) is 4.57 Å². The van der Waals surface area contributed by atoms with Gasteiger partial charge in [0.25, 0.3) is 0 Å². The van der Waals surface area contributed by atoms with Crippen molar-refractivity contribution in [1.29, 1.82) is 0 Å². The average molecular weight is 424 g/mol. The van der Waals surface area contributed by atoms with Crippen LogP contribution >= 0.6 is 0 Å². The fourth-order valence-corrected chi connectivity index (χ4v) is 1.73. The molecule has 2 rings (SSSR count). The topological polar surface area (TPSA) is 70.4 Å². The number of methoxy groups -OCH3 is 1. The minimum Gasteiger partial charge on any atom is -1.00 e. The Morgan fingerprint density at radius 3 is 2.35 bits per heavy atom. The Hall–Kier alpha value is -2.29. The lowest BCUT2D eigenvalue weighted by atomic mass is 10.1. The van der Waals surface area contributed by atoms with Crippen LogP contribution in [-0.4, -0.2) is 30.5 Å². The third kappa shape index (κ3) is 5.78. The molecule has 1 aromatic heterocycles. The molecule has 0 atom stereocenters. The SMILES string of the molecule is COc1ccc(C(/C=N/O)=N/N=C\c2cc[n+](C)cc2)cc1.[I-]. The Labute approximate surface area is 151 Å². The first-order valence-corrected chi connectivity index (χ1v) is 6.61. The van der Waals surface area contributed by atoms with E-state index in [9.17, 15) is 0 Å². The van der Waals surface area contributed by atoms with Gasteiger partial charge < -0.3 is 33.9 Å². The number of hydrogen-bond acceptors (Lipinski definition) is 5. The Morgan fingerprint density at radius 2 is 1.78 bits per heavy atom. The highest BCUT2D eigenvalue weighted by molar-refractivity contribution is 6.38. The molecule has 6 nitrogen and oxygen atoms in total. The van der Waals surface area contributed by atoms with Crippen LogP contribution in [0.25, 0.3) is 0 Å². The van der Waals surface area contributed by atoms with Gasteiger partial charge in [-0.15, -0.1) is 5.10 Å². The lowest BCUT2D eigenvalue weighted by molar-refractivity contribution is -0.671. The van der Waals surface area contributed by atoms with Crippen LogP contribution in [-0.2, 0) is 7.05 Å². The highest BCUT2D eigenvalue weighted by Crippen LogP contribution is 2.11. The van der Waals surface area contributed by atoms with Gasteiger partial charge in [-0.3, -0.25) is 0 Å². The summed E-state index contributed by atoms with van der Waals surface area (Å²) in [7, 11) is 3.54. The summed E-state index contributed by atoms with van der Waals surface area (Å²) < 4.78 is 7.04. The van der Waals surface area contributed by atoms with Crippen LogP contribution in [0.3, 0.4) is 0 Å². The van der Waals surface area contributed by atoms with Gasteiger partial charge in [-0.1, -0.05) is 5.16 Å². The third-order valence-corrected chi connectivity index (χ3v) is 2.94. The summed E-state index contributed by atoms with van der Waals surface area (Å²) in [5.41, 5.74) is 2.15. The number of ether oxygens (including phenoxy) is 1. The monoisotopic (exact) mass is 424 g/mol. The van der Waals surface area contributed by atoms with Crippen molar-refractivity contribution >= 4 is 18.1 Å². The predicted molar refractivity (Wildman–Crippen MR) is 85.0 cm³/mol. The molecule has 0 aliphatic rings. The quantitative estimate of drug-likeness (QED) is 0.216. The van der Waals surface area contributed by atoms with Crippen molar-refractivity contribution in [2.75, 3.05) is 7.11 Å². The first-order chi connectivity index (χ1) is 10.7. The van der Waals surface area contributed by atoms with Gasteiger partial charge >= 0.3 is 0 Å². The molecular weight excluding hydrogens is 407 g/mol. The summed E-state index contributed by atoms with van der Waals surface area (Å²) in [4.78, 5) is 0. The number of oxime groups is 1. The Morgan fingerprint density at radius 1 is 1.13 bits per heavy atom. The summed E-state index contributed by atoms with van der Waals surface area (Å²) in [5, 5.41) is 19.9. The fraction of sp³-hybridized carbons (Fsp3) is 0.125. The number of nitrogens with zero attached hydrogens (tertiary/aromatic N) is 4. The molecule has 1 heterocycles. The number of aromatic nitrogens is 1. The zero-order chi connectivity index (χ0) is 15.8. The molecule has 2 aromatic rings. The van der Waals surface area contributed by atoms with E-state index in [1.165, 1.54) is 6.21 Å². The fourth-order valence-electron chi connectivity index (χ4n) is 1.73. The molecule has 0 saturated heterocycles. The molecule has 0 saturated carbocycles. The molecule has 23 heavy (non-hydrogen) atoms. The molecule has 1 aromatic carbocycles. The standard InChI is InChI=1S/C16H16N4O2.HI/c1-20-9-7-13(8-10-20)11-17-19-16(12-18-21)14-3-5-15(22-2)6-4-14;/h3-12H,1-2H3;1H. The van der Waals surface area contributed by atoms with Crippen molar-refractivity contribution in [2.24, 2.45) is 22.4 Å². The lowest BCUT2D eigenvalue weighted by Gasteiger charge is -2.01. The highest BCUT2D eigenvalue weighted by atomic mass is 127. The van der Waals surface area contributed by atoms with Crippen molar-refractivity contribution in [1.82, 2.24) is 0 Å². The minimum atomic E-state index is 0. The van der Waals surface area contributed by atoms with Crippen LogP contribution < -0.4 is 33.3 Å². The van der Waals surface area contributed by atoms with E-state index in [-0.39, 0.29) is 24.0 Å². The highest BCUT2D eigenvalue weighted by Gasteiger charge is 2.01. The van der Waals surface area contributed by atoms with Gasteiger partial charge in [0, 0.05) is 23.3 Å². The van der Waals surface area contributed by atoms with Gasteiger partial charge in [-0.05, 0) is 24.3 Å². The zero-order valence-corrected chi connectivity index (χ0v) is 15.0. The second kappa shape index (κ2) is 9.67. The average Bonchev–Trinajstić information content (AvgIpc) is 2.56. The molecule has 0 bridgehead atoms. The van der Waals surface area contributed by atoms with Crippen molar-refractivity contribution < 1.29 is 38.5 Å². The first-order valence-electron chi connectivity index (χ1n) is 6.61. The zero-order valence-electron chi connectivity index (χ0n) is 12.8. The van der Waals surface area contributed by atoms with Crippen molar-refractivity contribution in [3.05, 3.63) is 59.9 Å². The van der Waals surface area contributed by atoms with Gasteiger partial charge in [0.05, 0.1) is 19.5 Å². The molecule has 0 aliphatic heterocycles. The maximum absolute atomic E-state index is 8.75. The minimum absolute atomic E-state index is 0. The van der Waals surface area contributed by atoms with Crippen LogP contribution in [0.15, 0.2) is 64.2 Å². The van der Waals surface area contributed by atoms with Crippen molar-refractivity contribution in [3.63, 3.8) is 0 Å². The van der Waals surface area contributed by atoms with E-state index in [2.05, 4.69) is 15.4 Å². The van der Waals surface area contributed by atoms with Crippen LogP contribution in [0.5, 0.6) is 5.75 Å². The van der Waals surface area contributed by atoms with E-state index in [4.69, 9.17) is 9.94 Å². The summed E-state index contributed by atoms with van der Waals surface area (Å²) in [6.07, 6.45) is 6.72. The molecular formula is C16H17IN4O2. The Bertz CT molecular complexity index is 695. The van der Waals surface area contributed by atoms with Crippen molar-refractivity contribution in [3.8, 4) is 5.75 Å². The predicted octanol–water partition coefficient (Wildman–Crippen LogP) is -1.19. The van der Waals surface area contributed by atoms with Gasteiger partial charge in [0.15, 0.2) is 12.4 Å². The van der Waals surface area contributed by atoms with E-state index < -0.39 is 0 Å². The maximum Gasteiger partial charge on any atom is 0.169 e. The molecule has 0 amide bonds. The Balaban J connectivity index is 0.00000264. The number of benzene rings is 1. The summed E-state index contributed by atoms with van der Waals surface area (Å²) in [5.74, 6) is 0.740. The van der Waals surface area contributed by atoms with Crippen LogP contribution in [0, 0.1) is 0 Å². The van der Waals surface area contributed by atoms with E-state index in [0.717, 1.165) is 16.9 Å². The van der Waals surface area contributed by atoms with Crippen LogP contribution in [0.4, 0.5) is 0 Å². The molecule has 0 fully saturated rings. The molecule has 1 N–H and O–H groups in total. The number of aryl methyl sites for hydroxylation is 1. The van der Waals surface area contributed by atoms with E-state index in [0.29, 0.717) is 5.71 Å². The molecule has 0 unspecified atom stereocenters. The van der Waals surface area contributed by atoms with Gasteiger partial charge in [0.1, 0.15) is 18.5 Å². The normalized spacial score (nSPS) is 11.7. The van der Waals surface area contributed by atoms with Gasteiger partial charge in [0.2, 0.25) is 0 Å². The maximum atomic E-state index is 8.75. The second-order valence-electron chi connectivity index (χ2n) is 4.50. The van der Waals surface area contributed by atoms with E-state index in [1.54, 1.807) is 25.5 Å². The van der Waals surface area contributed by atoms with Gasteiger partial charge in [-0.2, -0.15) is 5.10 Å².